The Balaban J connectivity index is 0.951. The van der Waals surface area contributed by atoms with Crippen LogP contribution in [0.4, 0.5) is 17.1 Å². The van der Waals surface area contributed by atoms with E-state index in [1.54, 1.807) is 0 Å². The van der Waals surface area contributed by atoms with Crippen LogP contribution < -0.4 is 4.90 Å². The highest BCUT2D eigenvalue weighted by atomic mass is 15.1. The molecule has 2 heteroatoms. The van der Waals surface area contributed by atoms with E-state index in [2.05, 4.69) is 264 Å². The lowest BCUT2D eigenvalue weighted by molar-refractivity contribution is 1.18. The predicted molar refractivity (Wildman–Crippen MR) is 272 cm³/mol. The number of anilines is 3. The largest absolute Gasteiger partial charge is 0.311 e. The first-order valence-electron chi connectivity index (χ1n) is 22.0. The third-order valence-corrected chi connectivity index (χ3v) is 12.8. The summed E-state index contributed by atoms with van der Waals surface area (Å²) in [5.41, 5.74) is 16.4. The normalized spacial score (nSPS) is 11.4. The standard InChI is InChI=1S/C62H42N2/c1-3-15-43(16-4-1)45-27-34-50(35-28-45)63(52-38-31-47(32-39-52)58-42-49-19-7-8-20-53(49)55-22-9-10-23-56(55)58)51-36-29-46(30-37-51)54-21-11-13-25-60(54)64-61-26-14-12-24-57(61)59-41-48(33-40-62(59)64)44-17-5-2-6-18-44/h1-42H. The van der Waals surface area contributed by atoms with Crippen LogP contribution >= 0.6 is 0 Å². The van der Waals surface area contributed by atoms with Gasteiger partial charge in [-0.25, -0.2) is 0 Å². The number of nitrogens with zero attached hydrogens (tertiary/aromatic N) is 2. The molecule has 0 amide bonds. The second kappa shape index (κ2) is 15.8. The molecule has 1 heterocycles. The van der Waals surface area contributed by atoms with Crippen LogP contribution in [0.2, 0.25) is 0 Å². The number of para-hydroxylation sites is 2. The van der Waals surface area contributed by atoms with Crippen LogP contribution in [0.1, 0.15) is 0 Å². The Morgan fingerprint density at radius 1 is 0.250 bits per heavy atom. The Kier molecular flexibility index (Phi) is 9.20. The molecule has 0 aliphatic carbocycles. The topological polar surface area (TPSA) is 8.17 Å². The van der Waals surface area contributed by atoms with E-state index in [9.17, 15) is 0 Å². The minimum atomic E-state index is 1.09. The second-order valence-corrected chi connectivity index (χ2v) is 16.5. The van der Waals surface area contributed by atoms with Gasteiger partial charge in [-0.3, -0.25) is 0 Å². The van der Waals surface area contributed by atoms with Gasteiger partial charge in [0.1, 0.15) is 0 Å². The van der Waals surface area contributed by atoms with Crippen molar-refractivity contribution in [2.75, 3.05) is 4.90 Å². The van der Waals surface area contributed by atoms with Crippen molar-refractivity contribution < 1.29 is 0 Å². The average molecular weight is 815 g/mol. The monoisotopic (exact) mass is 814 g/mol. The van der Waals surface area contributed by atoms with Crippen molar-refractivity contribution in [3.8, 4) is 50.2 Å². The van der Waals surface area contributed by atoms with Gasteiger partial charge in [-0.15, -0.1) is 0 Å². The maximum atomic E-state index is 2.43. The molecule has 0 fully saturated rings. The lowest BCUT2D eigenvalue weighted by atomic mass is 9.93. The Morgan fingerprint density at radius 3 is 1.38 bits per heavy atom. The van der Waals surface area contributed by atoms with Gasteiger partial charge in [0.25, 0.3) is 0 Å². The molecule has 0 bridgehead atoms. The Bertz CT molecular complexity index is 3620. The van der Waals surface area contributed by atoms with Gasteiger partial charge in [0.15, 0.2) is 0 Å². The highest BCUT2D eigenvalue weighted by Gasteiger charge is 2.18. The van der Waals surface area contributed by atoms with E-state index in [0.717, 1.165) is 28.3 Å². The third kappa shape index (κ3) is 6.52. The summed E-state index contributed by atoms with van der Waals surface area (Å²) in [6.45, 7) is 0. The first-order chi connectivity index (χ1) is 31.7. The molecule has 1 aromatic heterocycles. The quantitative estimate of drug-likeness (QED) is 0.139. The molecule has 0 saturated carbocycles. The first-order valence-corrected chi connectivity index (χ1v) is 22.0. The summed E-state index contributed by atoms with van der Waals surface area (Å²) >= 11 is 0. The highest BCUT2D eigenvalue weighted by molar-refractivity contribution is 6.14. The molecule has 0 aliphatic rings. The zero-order valence-corrected chi connectivity index (χ0v) is 35.1. The van der Waals surface area contributed by atoms with Gasteiger partial charge >= 0.3 is 0 Å². The van der Waals surface area contributed by atoms with Crippen LogP contribution in [0.5, 0.6) is 0 Å². The van der Waals surface area contributed by atoms with Gasteiger partial charge in [-0.2, -0.15) is 0 Å². The van der Waals surface area contributed by atoms with Crippen LogP contribution in [-0.2, 0) is 0 Å². The smallest absolute Gasteiger partial charge is 0.0541 e. The molecule has 0 unspecified atom stereocenters. The predicted octanol–water partition coefficient (Wildman–Crippen LogP) is 17.2. The molecular weight excluding hydrogens is 773 g/mol. The number of hydrogen-bond acceptors (Lipinski definition) is 1. The average Bonchev–Trinajstić information content (AvgIpc) is 3.71. The third-order valence-electron chi connectivity index (χ3n) is 12.8. The van der Waals surface area contributed by atoms with Gasteiger partial charge in [0.05, 0.1) is 16.7 Å². The zero-order valence-electron chi connectivity index (χ0n) is 35.1. The fraction of sp³-hybridized carbons (Fsp3) is 0. The van der Waals surface area contributed by atoms with Gasteiger partial charge in [0.2, 0.25) is 0 Å². The zero-order chi connectivity index (χ0) is 42.4. The molecule has 0 N–H and O–H groups in total. The van der Waals surface area contributed by atoms with E-state index in [4.69, 9.17) is 0 Å². The molecule has 2 nitrogen and oxygen atoms in total. The van der Waals surface area contributed by atoms with Gasteiger partial charge < -0.3 is 9.47 Å². The highest BCUT2D eigenvalue weighted by Crippen LogP contribution is 2.42. The fourth-order valence-corrected chi connectivity index (χ4v) is 9.71. The molecule has 0 atom stereocenters. The molecule has 300 valence electrons. The van der Waals surface area contributed by atoms with Crippen LogP contribution in [-0.4, -0.2) is 4.57 Å². The molecule has 0 spiro atoms. The van der Waals surface area contributed by atoms with Crippen molar-refractivity contribution in [3.63, 3.8) is 0 Å². The number of fused-ring (bicyclic) bond motifs is 6. The number of aromatic nitrogens is 1. The lowest BCUT2D eigenvalue weighted by Crippen LogP contribution is -2.09. The molecular formula is C62H42N2. The minimum Gasteiger partial charge on any atom is -0.311 e. The maximum Gasteiger partial charge on any atom is 0.0541 e. The summed E-state index contributed by atoms with van der Waals surface area (Å²) in [5, 5.41) is 7.55. The van der Waals surface area contributed by atoms with E-state index in [0.29, 0.717) is 0 Å². The number of rotatable bonds is 8. The number of benzene rings is 11. The molecule has 64 heavy (non-hydrogen) atoms. The van der Waals surface area contributed by atoms with Crippen LogP contribution in [0.3, 0.4) is 0 Å². The van der Waals surface area contributed by atoms with Crippen LogP contribution in [0.25, 0.3) is 93.5 Å². The first kappa shape index (κ1) is 37.3. The summed E-state index contributed by atoms with van der Waals surface area (Å²) in [5.74, 6) is 0. The molecule has 12 aromatic rings. The van der Waals surface area contributed by atoms with Gasteiger partial charge in [0, 0.05) is 33.4 Å². The summed E-state index contributed by atoms with van der Waals surface area (Å²) in [6.07, 6.45) is 0. The van der Waals surface area contributed by atoms with Gasteiger partial charge in [-0.1, -0.05) is 188 Å². The Morgan fingerprint density at radius 2 is 0.703 bits per heavy atom. The molecule has 0 aliphatic heterocycles. The number of hydrogen-bond donors (Lipinski definition) is 0. The van der Waals surface area contributed by atoms with Crippen molar-refractivity contribution in [1.29, 1.82) is 0 Å². The van der Waals surface area contributed by atoms with E-state index in [1.807, 2.05) is 0 Å². The lowest BCUT2D eigenvalue weighted by Gasteiger charge is -2.26. The van der Waals surface area contributed by atoms with Crippen molar-refractivity contribution in [1.82, 2.24) is 4.57 Å². The van der Waals surface area contributed by atoms with E-state index in [-0.39, 0.29) is 0 Å². The van der Waals surface area contributed by atoms with E-state index in [1.165, 1.54) is 82.3 Å². The van der Waals surface area contributed by atoms with Crippen molar-refractivity contribution in [2.24, 2.45) is 0 Å². The SMILES string of the molecule is c1ccc(-c2ccc(N(c3ccc(-c4ccccc4-n4c5ccccc5c5cc(-c6ccccc6)ccc54)cc3)c3ccc(-c4cc5ccccc5c5ccccc45)cc3)cc2)cc1. The molecule has 12 rings (SSSR count). The summed E-state index contributed by atoms with van der Waals surface area (Å²) < 4.78 is 2.43. The minimum absolute atomic E-state index is 1.09. The Labute approximate surface area is 373 Å². The molecule has 0 radical (unpaired) electrons. The van der Waals surface area contributed by atoms with Crippen LogP contribution in [0.15, 0.2) is 255 Å². The van der Waals surface area contributed by atoms with E-state index >= 15 is 0 Å². The summed E-state index contributed by atoms with van der Waals surface area (Å²) in [6, 6.07) is 92.6. The maximum absolute atomic E-state index is 2.43. The van der Waals surface area contributed by atoms with Crippen molar-refractivity contribution >= 4 is 60.4 Å². The molecule has 0 saturated heterocycles. The van der Waals surface area contributed by atoms with Crippen LogP contribution in [0, 0.1) is 0 Å². The second-order valence-electron chi connectivity index (χ2n) is 16.5. The Hall–Kier alpha value is -8.46. The fourth-order valence-electron chi connectivity index (χ4n) is 9.71. The summed E-state index contributed by atoms with van der Waals surface area (Å²) in [4.78, 5) is 2.37. The van der Waals surface area contributed by atoms with Crippen molar-refractivity contribution in [3.05, 3.63) is 255 Å². The van der Waals surface area contributed by atoms with Crippen molar-refractivity contribution in [2.45, 2.75) is 0 Å². The summed E-state index contributed by atoms with van der Waals surface area (Å²) in [7, 11) is 0. The van der Waals surface area contributed by atoms with Gasteiger partial charge in [-0.05, 0) is 127 Å². The molecule has 11 aromatic carbocycles. The van der Waals surface area contributed by atoms with E-state index < -0.39 is 0 Å².